The SMILES string of the molecule is Cc1nc(C)nc(-c2ccc3c(c2)c2cc(-c4nc(C)nc(C)n4)ccc2n3-c2cccc3c2C(=O)N(c2cccc(-c4ccccc4)c2)C3O)n1. The number of aliphatic hydroxyl groups is 1. The van der Waals surface area contributed by atoms with E-state index in [2.05, 4.69) is 46.6 Å². The summed E-state index contributed by atoms with van der Waals surface area (Å²) in [5.41, 5.74) is 7.68. The third-order valence-corrected chi connectivity index (χ3v) is 9.50. The fourth-order valence-corrected chi connectivity index (χ4v) is 7.34. The summed E-state index contributed by atoms with van der Waals surface area (Å²) in [6.45, 7) is 7.43. The van der Waals surface area contributed by atoms with Gasteiger partial charge in [0.05, 0.1) is 22.3 Å². The molecule has 0 radical (unpaired) electrons. The van der Waals surface area contributed by atoms with Crippen LogP contribution in [0.4, 0.5) is 5.69 Å². The van der Waals surface area contributed by atoms with Crippen LogP contribution in [-0.4, -0.2) is 45.5 Å². The molecule has 1 unspecified atom stereocenters. The number of benzene rings is 5. The first-order valence-corrected chi connectivity index (χ1v) is 17.0. The van der Waals surface area contributed by atoms with Crippen molar-refractivity contribution in [2.75, 3.05) is 4.90 Å². The fraction of sp³-hybridized carbons (Fsp3) is 0.119. The third-order valence-electron chi connectivity index (χ3n) is 9.50. The number of anilines is 1. The molecule has 1 atom stereocenters. The monoisotopic (exact) mass is 680 g/mol. The molecule has 0 fully saturated rings. The molecule has 9 rings (SSSR count). The third kappa shape index (κ3) is 5.11. The van der Waals surface area contributed by atoms with Crippen molar-refractivity contribution in [2.45, 2.75) is 33.9 Å². The van der Waals surface area contributed by atoms with Gasteiger partial charge in [0.25, 0.3) is 5.91 Å². The highest BCUT2D eigenvalue weighted by Crippen LogP contribution is 2.43. The van der Waals surface area contributed by atoms with Crippen LogP contribution in [0.5, 0.6) is 0 Å². The predicted octanol–water partition coefficient (Wildman–Crippen LogP) is 8.04. The summed E-state index contributed by atoms with van der Waals surface area (Å²) in [6, 6.07) is 35.6. The number of nitrogens with zero attached hydrogens (tertiary/aromatic N) is 8. The van der Waals surface area contributed by atoms with Gasteiger partial charge in [0.15, 0.2) is 17.9 Å². The summed E-state index contributed by atoms with van der Waals surface area (Å²) in [5, 5.41) is 13.6. The lowest BCUT2D eigenvalue weighted by molar-refractivity contribution is 0.0935. The molecule has 10 nitrogen and oxygen atoms in total. The number of rotatable bonds is 5. The van der Waals surface area contributed by atoms with Crippen LogP contribution in [0, 0.1) is 27.7 Å². The number of amides is 1. The molecule has 0 spiro atoms. The summed E-state index contributed by atoms with van der Waals surface area (Å²) in [6.07, 6.45) is -1.16. The van der Waals surface area contributed by atoms with E-state index in [-0.39, 0.29) is 5.91 Å². The number of aryl methyl sites for hydroxylation is 4. The largest absolute Gasteiger partial charge is 0.369 e. The van der Waals surface area contributed by atoms with E-state index in [0.29, 0.717) is 57.4 Å². The van der Waals surface area contributed by atoms with Gasteiger partial charge in [0.1, 0.15) is 23.3 Å². The van der Waals surface area contributed by atoms with Gasteiger partial charge >= 0.3 is 0 Å². The van der Waals surface area contributed by atoms with E-state index in [9.17, 15) is 9.90 Å². The number of carbonyl (C=O) groups is 1. The van der Waals surface area contributed by atoms with E-state index in [0.717, 1.165) is 44.1 Å². The Morgan fingerprint density at radius 3 is 1.65 bits per heavy atom. The van der Waals surface area contributed by atoms with E-state index < -0.39 is 6.23 Å². The normalized spacial score (nSPS) is 14.1. The molecule has 3 aromatic heterocycles. The van der Waals surface area contributed by atoms with Crippen molar-refractivity contribution in [1.29, 1.82) is 0 Å². The number of aliphatic hydroxyl groups excluding tert-OH is 1. The number of hydrogen-bond donors (Lipinski definition) is 1. The smallest absolute Gasteiger partial charge is 0.263 e. The van der Waals surface area contributed by atoms with E-state index in [1.165, 1.54) is 4.90 Å². The Bertz CT molecular complexity index is 2590. The Balaban J connectivity index is 1.25. The van der Waals surface area contributed by atoms with Gasteiger partial charge in [0, 0.05) is 33.2 Å². The molecule has 10 heteroatoms. The van der Waals surface area contributed by atoms with Crippen LogP contribution in [-0.2, 0) is 0 Å². The van der Waals surface area contributed by atoms with Gasteiger partial charge in [-0.05, 0) is 93.4 Å². The van der Waals surface area contributed by atoms with Gasteiger partial charge in [-0.1, -0.05) is 54.6 Å². The van der Waals surface area contributed by atoms with Crippen molar-refractivity contribution in [3.05, 3.63) is 144 Å². The van der Waals surface area contributed by atoms with Crippen molar-refractivity contribution >= 4 is 33.4 Å². The lowest BCUT2D eigenvalue weighted by atomic mass is 10.0. The van der Waals surface area contributed by atoms with E-state index >= 15 is 0 Å². The lowest BCUT2D eigenvalue weighted by Crippen LogP contribution is -2.27. The number of fused-ring (bicyclic) bond motifs is 4. The topological polar surface area (TPSA) is 123 Å². The molecule has 0 bridgehead atoms. The maximum absolute atomic E-state index is 14.6. The van der Waals surface area contributed by atoms with Gasteiger partial charge < -0.3 is 9.67 Å². The second-order valence-corrected chi connectivity index (χ2v) is 13.0. The quantitative estimate of drug-likeness (QED) is 0.194. The van der Waals surface area contributed by atoms with Crippen LogP contribution < -0.4 is 4.90 Å². The Labute approximate surface area is 299 Å². The van der Waals surface area contributed by atoms with Crippen LogP contribution in [0.1, 0.15) is 45.4 Å². The average Bonchev–Trinajstić information content (AvgIpc) is 3.60. The van der Waals surface area contributed by atoms with Crippen LogP contribution in [0.3, 0.4) is 0 Å². The average molecular weight is 681 g/mol. The minimum Gasteiger partial charge on any atom is -0.369 e. The lowest BCUT2D eigenvalue weighted by Gasteiger charge is -2.21. The molecular formula is C42H32N8O2. The van der Waals surface area contributed by atoms with Crippen molar-refractivity contribution < 1.29 is 9.90 Å². The maximum Gasteiger partial charge on any atom is 0.263 e. The van der Waals surface area contributed by atoms with Crippen LogP contribution in [0.15, 0.2) is 109 Å². The van der Waals surface area contributed by atoms with Gasteiger partial charge in [-0.25, -0.2) is 29.9 Å². The molecule has 0 saturated carbocycles. The second-order valence-electron chi connectivity index (χ2n) is 13.0. The first-order chi connectivity index (χ1) is 25.2. The first kappa shape index (κ1) is 31.3. The molecule has 52 heavy (non-hydrogen) atoms. The molecule has 1 N–H and O–H groups in total. The van der Waals surface area contributed by atoms with Gasteiger partial charge in [-0.2, -0.15) is 0 Å². The summed E-state index contributed by atoms with van der Waals surface area (Å²) in [7, 11) is 0. The Morgan fingerprint density at radius 2 is 1.08 bits per heavy atom. The van der Waals surface area contributed by atoms with E-state index in [4.69, 9.17) is 0 Å². The minimum atomic E-state index is -1.16. The maximum atomic E-state index is 14.6. The molecule has 4 heterocycles. The molecule has 1 amide bonds. The predicted molar refractivity (Wildman–Crippen MR) is 201 cm³/mol. The Morgan fingerprint density at radius 1 is 0.538 bits per heavy atom. The molecular weight excluding hydrogens is 649 g/mol. The fourth-order valence-electron chi connectivity index (χ4n) is 7.34. The van der Waals surface area contributed by atoms with Gasteiger partial charge in [-0.15, -0.1) is 0 Å². The van der Waals surface area contributed by atoms with Crippen LogP contribution in [0.2, 0.25) is 0 Å². The zero-order valence-corrected chi connectivity index (χ0v) is 28.9. The molecule has 252 valence electrons. The zero-order chi connectivity index (χ0) is 35.7. The molecule has 1 aliphatic heterocycles. The Kier molecular flexibility index (Phi) is 7.23. The van der Waals surface area contributed by atoms with Crippen molar-refractivity contribution in [3.63, 3.8) is 0 Å². The van der Waals surface area contributed by atoms with Gasteiger partial charge in [0.2, 0.25) is 0 Å². The standard InChI is InChI=1S/C42H32N8O2/c1-23-43-24(2)46-39(45-23)29-16-18-35-33(21-29)34-22-30(40-47-25(3)44-26(4)48-40)17-19-36(34)50(35)37-15-9-14-32-38(37)42(52)49(41(32)51)31-13-8-12-28(20-31)27-10-6-5-7-11-27/h5-22,41,51H,1-4H3. The van der Waals surface area contributed by atoms with E-state index in [1.807, 2.05) is 125 Å². The van der Waals surface area contributed by atoms with Crippen LogP contribution in [0.25, 0.3) is 61.4 Å². The van der Waals surface area contributed by atoms with Crippen molar-refractivity contribution in [3.8, 4) is 39.6 Å². The van der Waals surface area contributed by atoms with Crippen molar-refractivity contribution in [2.24, 2.45) is 0 Å². The highest BCUT2D eigenvalue weighted by atomic mass is 16.3. The zero-order valence-electron chi connectivity index (χ0n) is 28.9. The molecule has 0 saturated heterocycles. The number of hydrogen-bond acceptors (Lipinski definition) is 8. The summed E-state index contributed by atoms with van der Waals surface area (Å²) >= 11 is 0. The number of carbonyl (C=O) groups excluding carboxylic acids is 1. The molecule has 1 aliphatic rings. The summed E-state index contributed by atoms with van der Waals surface area (Å²) in [5.74, 6) is 3.46. The first-order valence-electron chi connectivity index (χ1n) is 17.0. The summed E-state index contributed by atoms with van der Waals surface area (Å²) < 4.78 is 2.10. The van der Waals surface area contributed by atoms with Crippen molar-refractivity contribution in [1.82, 2.24) is 34.5 Å². The van der Waals surface area contributed by atoms with Gasteiger partial charge in [-0.3, -0.25) is 9.69 Å². The molecule has 8 aromatic rings. The molecule has 5 aromatic carbocycles. The van der Waals surface area contributed by atoms with E-state index in [1.54, 1.807) is 0 Å². The summed E-state index contributed by atoms with van der Waals surface area (Å²) in [4.78, 5) is 43.3. The highest BCUT2D eigenvalue weighted by Gasteiger charge is 2.39. The van der Waals surface area contributed by atoms with Crippen LogP contribution >= 0.6 is 0 Å². The molecule has 0 aliphatic carbocycles. The minimum absolute atomic E-state index is 0.279. The number of aromatic nitrogens is 7. The Hall–Kier alpha value is -6.65. The highest BCUT2D eigenvalue weighted by molar-refractivity contribution is 6.16. The second kappa shape index (κ2) is 12.0.